The van der Waals surface area contributed by atoms with E-state index >= 15 is 0 Å². The smallest absolute Gasteiger partial charge is 0.330 e. The van der Waals surface area contributed by atoms with E-state index in [0.717, 1.165) is 6.42 Å². The van der Waals surface area contributed by atoms with E-state index < -0.39 is 0 Å². The first kappa shape index (κ1) is 29.4. The van der Waals surface area contributed by atoms with Gasteiger partial charge in [0.05, 0.1) is 9.97 Å². The minimum atomic E-state index is -0.300. The SMILES string of the molecule is C=CC(=O)OCCCCCCCCCCCCCCCCCCCC[SiH2]C(Br)Br. The number of hydrogen-bond acceptors (Lipinski definition) is 2. The van der Waals surface area contributed by atoms with Crippen LogP contribution in [0.1, 0.15) is 116 Å². The third-order valence-corrected chi connectivity index (χ3v) is 9.57. The Bertz CT molecular complexity index is 365. The van der Waals surface area contributed by atoms with Gasteiger partial charge in [0, 0.05) is 15.6 Å². The summed E-state index contributed by atoms with van der Waals surface area (Å²) in [5.74, 6) is -0.300. The van der Waals surface area contributed by atoms with Crippen molar-refractivity contribution in [3.63, 3.8) is 0 Å². The molecule has 0 heterocycles. The van der Waals surface area contributed by atoms with Gasteiger partial charge in [-0.15, -0.1) is 0 Å². The van der Waals surface area contributed by atoms with E-state index in [-0.39, 0.29) is 15.5 Å². The molecule has 0 amide bonds. The Morgan fingerprint density at radius 2 is 1.03 bits per heavy atom. The number of hydrogen-bond donors (Lipinski definition) is 0. The molecular weight excluding hydrogens is 508 g/mol. The maximum Gasteiger partial charge on any atom is 0.330 e. The number of rotatable bonds is 23. The second kappa shape index (κ2) is 24.7. The first-order chi connectivity index (χ1) is 14.2. The molecule has 0 radical (unpaired) electrons. The summed E-state index contributed by atoms with van der Waals surface area (Å²) in [5.41, 5.74) is 0. The van der Waals surface area contributed by atoms with Crippen molar-refractivity contribution in [3.05, 3.63) is 12.7 Å². The Labute approximate surface area is 200 Å². The predicted molar refractivity (Wildman–Crippen MR) is 139 cm³/mol. The van der Waals surface area contributed by atoms with Gasteiger partial charge >= 0.3 is 5.97 Å². The van der Waals surface area contributed by atoms with Gasteiger partial charge in [-0.3, -0.25) is 0 Å². The topological polar surface area (TPSA) is 26.3 Å². The fraction of sp³-hybridized carbons (Fsp3) is 0.875. The highest BCUT2D eigenvalue weighted by atomic mass is 79.9. The van der Waals surface area contributed by atoms with Gasteiger partial charge in [-0.05, 0) is 6.42 Å². The molecule has 2 nitrogen and oxygen atoms in total. The van der Waals surface area contributed by atoms with Crippen LogP contribution >= 0.6 is 31.9 Å². The quantitative estimate of drug-likeness (QED) is 0.0417. The number of halogens is 2. The van der Waals surface area contributed by atoms with Crippen LogP contribution in [-0.4, -0.2) is 25.5 Å². The fourth-order valence-corrected chi connectivity index (χ4v) is 6.53. The summed E-state index contributed by atoms with van der Waals surface area (Å²) in [6, 6.07) is 1.48. The highest BCUT2D eigenvalue weighted by Crippen LogP contribution is 2.15. The molecule has 0 rings (SSSR count). The molecule has 0 N–H and O–H groups in total. The summed E-state index contributed by atoms with van der Waals surface area (Å²) in [5, 5.41) is 0. The van der Waals surface area contributed by atoms with Gasteiger partial charge in [-0.2, -0.15) is 0 Å². The molecule has 0 aromatic carbocycles. The van der Waals surface area contributed by atoms with E-state index in [1.54, 1.807) is 0 Å². The molecule has 0 saturated carbocycles. The van der Waals surface area contributed by atoms with E-state index in [1.807, 2.05) is 0 Å². The molecule has 0 unspecified atom stereocenters. The Kier molecular flexibility index (Phi) is 25.0. The van der Waals surface area contributed by atoms with Crippen LogP contribution in [0.4, 0.5) is 0 Å². The average molecular weight is 555 g/mol. The first-order valence-corrected chi connectivity index (χ1v) is 15.9. The zero-order valence-electron chi connectivity index (χ0n) is 18.8. The molecule has 29 heavy (non-hydrogen) atoms. The molecule has 172 valence electrons. The Balaban J connectivity index is 3.03. The van der Waals surface area contributed by atoms with Crippen LogP contribution in [0.2, 0.25) is 6.04 Å². The van der Waals surface area contributed by atoms with Crippen molar-refractivity contribution >= 4 is 47.3 Å². The number of carbonyl (C=O) groups is 1. The van der Waals surface area contributed by atoms with Crippen molar-refractivity contribution < 1.29 is 9.53 Å². The van der Waals surface area contributed by atoms with Gasteiger partial charge in [0.15, 0.2) is 0 Å². The molecule has 0 fully saturated rings. The number of ether oxygens (including phenoxy) is 1. The summed E-state index contributed by atoms with van der Waals surface area (Å²) in [7, 11) is 0.0912. The lowest BCUT2D eigenvalue weighted by Crippen LogP contribution is -2.01. The average Bonchev–Trinajstić information content (AvgIpc) is 2.71. The van der Waals surface area contributed by atoms with Crippen LogP contribution in [-0.2, 0) is 9.53 Å². The standard InChI is InChI=1S/C24H46Br2O2Si/c1-2-23(27)28-21-19-17-15-13-11-9-7-5-3-4-6-8-10-12-14-16-18-20-22-29-24(25)26/h2,24H,1,3-22,29H2. The lowest BCUT2D eigenvalue weighted by Gasteiger charge is -2.04. The summed E-state index contributed by atoms with van der Waals surface area (Å²) in [4.78, 5) is 10.9. The Morgan fingerprint density at radius 1 is 0.690 bits per heavy atom. The minimum Gasteiger partial charge on any atom is -0.463 e. The minimum absolute atomic E-state index is 0.0912. The molecular formula is C24H46Br2O2Si. The first-order valence-electron chi connectivity index (χ1n) is 12.2. The third-order valence-electron chi connectivity index (χ3n) is 5.48. The second-order valence-corrected chi connectivity index (χ2v) is 16.2. The molecule has 0 spiro atoms. The number of esters is 1. The predicted octanol–water partition coefficient (Wildman–Crippen LogP) is 8.40. The lowest BCUT2D eigenvalue weighted by atomic mass is 10.0. The van der Waals surface area contributed by atoms with Gasteiger partial charge in [0.25, 0.3) is 0 Å². The lowest BCUT2D eigenvalue weighted by molar-refractivity contribution is -0.137. The van der Waals surface area contributed by atoms with Crippen molar-refractivity contribution in [2.24, 2.45) is 0 Å². The normalized spacial score (nSPS) is 11.6. The van der Waals surface area contributed by atoms with Crippen LogP contribution in [0.3, 0.4) is 0 Å². The van der Waals surface area contributed by atoms with Crippen LogP contribution < -0.4 is 0 Å². The molecule has 0 aromatic heterocycles. The summed E-state index contributed by atoms with van der Waals surface area (Å²) >= 11 is 7.20. The van der Waals surface area contributed by atoms with Crippen LogP contribution in [0.25, 0.3) is 0 Å². The Morgan fingerprint density at radius 3 is 1.38 bits per heavy atom. The van der Waals surface area contributed by atoms with E-state index in [1.165, 1.54) is 121 Å². The van der Waals surface area contributed by atoms with Crippen molar-refractivity contribution in [3.8, 4) is 0 Å². The van der Waals surface area contributed by atoms with Crippen molar-refractivity contribution in [1.29, 1.82) is 0 Å². The fourth-order valence-electron chi connectivity index (χ4n) is 3.64. The van der Waals surface area contributed by atoms with Crippen molar-refractivity contribution in [1.82, 2.24) is 0 Å². The molecule has 0 aromatic rings. The molecule has 0 bridgehead atoms. The number of carbonyl (C=O) groups excluding carboxylic acids is 1. The summed E-state index contributed by atoms with van der Waals surface area (Å²) < 4.78 is 5.62. The van der Waals surface area contributed by atoms with Gasteiger partial charge in [-0.25, -0.2) is 4.79 Å². The molecule has 0 aliphatic heterocycles. The van der Waals surface area contributed by atoms with E-state index in [9.17, 15) is 4.79 Å². The van der Waals surface area contributed by atoms with Crippen LogP contribution in [0.15, 0.2) is 12.7 Å². The zero-order valence-corrected chi connectivity index (χ0v) is 23.4. The second-order valence-electron chi connectivity index (χ2n) is 8.27. The maximum atomic E-state index is 10.9. The van der Waals surface area contributed by atoms with E-state index in [4.69, 9.17) is 4.74 Å². The number of unbranched alkanes of at least 4 members (excludes halogenated alkanes) is 17. The molecule has 0 aliphatic carbocycles. The highest BCUT2D eigenvalue weighted by Gasteiger charge is 1.99. The van der Waals surface area contributed by atoms with Crippen LogP contribution in [0, 0.1) is 0 Å². The third kappa shape index (κ3) is 26.4. The zero-order chi connectivity index (χ0) is 21.4. The summed E-state index contributed by atoms with van der Waals surface area (Å²) in [6.45, 7) is 3.94. The van der Waals surface area contributed by atoms with Gasteiger partial charge in [-0.1, -0.05) is 154 Å². The maximum absolute atomic E-state index is 10.9. The van der Waals surface area contributed by atoms with E-state index in [0.29, 0.717) is 9.97 Å². The molecule has 0 atom stereocenters. The van der Waals surface area contributed by atoms with Gasteiger partial charge in [0.1, 0.15) is 0 Å². The van der Waals surface area contributed by atoms with Crippen molar-refractivity contribution in [2.45, 2.75) is 125 Å². The van der Waals surface area contributed by atoms with Gasteiger partial charge < -0.3 is 4.74 Å². The van der Waals surface area contributed by atoms with Crippen molar-refractivity contribution in [2.75, 3.05) is 6.61 Å². The molecule has 0 aliphatic rings. The monoisotopic (exact) mass is 552 g/mol. The molecule has 5 heteroatoms. The highest BCUT2D eigenvalue weighted by molar-refractivity contribution is 9.25. The number of alkyl halides is 2. The van der Waals surface area contributed by atoms with Gasteiger partial charge in [0.2, 0.25) is 0 Å². The van der Waals surface area contributed by atoms with Crippen LogP contribution in [0.5, 0.6) is 0 Å². The largest absolute Gasteiger partial charge is 0.463 e. The Hall–Kier alpha value is 0.387. The van der Waals surface area contributed by atoms with E-state index in [2.05, 4.69) is 38.4 Å². The summed E-state index contributed by atoms with van der Waals surface area (Å²) in [6.07, 6.45) is 26.0. The molecule has 0 saturated heterocycles.